The summed E-state index contributed by atoms with van der Waals surface area (Å²) in [4.78, 5) is 36.6. The lowest BCUT2D eigenvalue weighted by atomic mass is 10.1. The van der Waals surface area contributed by atoms with E-state index in [1.165, 1.54) is 6.21 Å². The SMILES string of the molecule is C[C@@H]1C[C@@H]1c1ccc(/C=N\NC(=O)CCN2C(=O)NC(C)(C)C2=O)o1. The first-order valence-corrected chi connectivity index (χ1v) is 8.33. The Balaban J connectivity index is 1.44. The summed E-state index contributed by atoms with van der Waals surface area (Å²) in [6.07, 6.45) is 2.56. The molecule has 0 unspecified atom stereocenters. The molecule has 1 aliphatic carbocycles. The van der Waals surface area contributed by atoms with E-state index in [0.717, 1.165) is 17.1 Å². The molecule has 3 rings (SSSR count). The first-order chi connectivity index (χ1) is 11.8. The van der Waals surface area contributed by atoms with Gasteiger partial charge in [0.15, 0.2) is 0 Å². The third kappa shape index (κ3) is 3.72. The van der Waals surface area contributed by atoms with Crippen molar-refractivity contribution in [2.45, 2.75) is 45.1 Å². The molecule has 8 nitrogen and oxygen atoms in total. The van der Waals surface area contributed by atoms with Crippen LogP contribution in [-0.2, 0) is 9.59 Å². The third-order valence-electron chi connectivity index (χ3n) is 4.51. The number of carbonyl (C=O) groups is 3. The first kappa shape index (κ1) is 17.2. The highest BCUT2D eigenvalue weighted by Crippen LogP contribution is 2.47. The fourth-order valence-corrected chi connectivity index (χ4v) is 2.81. The number of hydrogen-bond donors (Lipinski definition) is 2. The second-order valence-electron chi connectivity index (χ2n) is 7.11. The van der Waals surface area contributed by atoms with Crippen molar-refractivity contribution in [2.75, 3.05) is 6.54 Å². The zero-order valence-corrected chi connectivity index (χ0v) is 14.5. The van der Waals surface area contributed by atoms with Crippen LogP contribution in [0.5, 0.6) is 0 Å². The Morgan fingerprint density at radius 3 is 2.80 bits per heavy atom. The van der Waals surface area contributed by atoms with Gasteiger partial charge in [-0.1, -0.05) is 6.92 Å². The molecule has 2 fully saturated rings. The minimum Gasteiger partial charge on any atom is -0.460 e. The van der Waals surface area contributed by atoms with Crippen LogP contribution in [0.3, 0.4) is 0 Å². The lowest BCUT2D eigenvalue weighted by Gasteiger charge is -2.15. The predicted molar refractivity (Wildman–Crippen MR) is 89.9 cm³/mol. The Hall–Kier alpha value is -2.64. The van der Waals surface area contributed by atoms with Gasteiger partial charge in [0.25, 0.3) is 5.91 Å². The van der Waals surface area contributed by atoms with Gasteiger partial charge in [-0.05, 0) is 38.3 Å². The normalized spacial score (nSPS) is 24.7. The number of hydrogen-bond acceptors (Lipinski definition) is 5. The Labute approximate surface area is 145 Å². The summed E-state index contributed by atoms with van der Waals surface area (Å²) in [5, 5.41) is 6.41. The van der Waals surface area contributed by atoms with Crippen molar-refractivity contribution in [1.29, 1.82) is 0 Å². The first-order valence-electron chi connectivity index (χ1n) is 8.33. The largest absolute Gasteiger partial charge is 0.460 e. The number of urea groups is 1. The average molecular weight is 346 g/mol. The monoisotopic (exact) mass is 346 g/mol. The van der Waals surface area contributed by atoms with Crippen molar-refractivity contribution in [3.05, 3.63) is 23.7 Å². The molecule has 0 spiro atoms. The Kier molecular flexibility index (Phi) is 4.36. The van der Waals surface area contributed by atoms with Crippen molar-refractivity contribution >= 4 is 24.1 Å². The zero-order chi connectivity index (χ0) is 18.2. The molecular weight excluding hydrogens is 324 g/mol. The van der Waals surface area contributed by atoms with E-state index in [0.29, 0.717) is 17.6 Å². The van der Waals surface area contributed by atoms with Crippen LogP contribution in [0.2, 0.25) is 0 Å². The Bertz CT molecular complexity index is 737. The van der Waals surface area contributed by atoms with Crippen LogP contribution in [-0.4, -0.2) is 41.0 Å². The summed E-state index contributed by atoms with van der Waals surface area (Å²) >= 11 is 0. The second-order valence-corrected chi connectivity index (χ2v) is 7.11. The summed E-state index contributed by atoms with van der Waals surface area (Å²) in [6.45, 7) is 5.43. The maximum atomic E-state index is 12.0. The Morgan fingerprint density at radius 1 is 1.48 bits per heavy atom. The number of nitrogens with zero attached hydrogens (tertiary/aromatic N) is 2. The number of nitrogens with one attached hydrogen (secondary N) is 2. The summed E-state index contributed by atoms with van der Waals surface area (Å²) in [5.41, 5.74) is 1.44. The molecule has 0 aromatic carbocycles. The van der Waals surface area contributed by atoms with Crippen LogP contribution >= 0.6 is 0 Å². The van der Waals surface area contributed by atoms with Crippen LogP contribution < -0.4 is 10.7 Å². The molecule has 4 amide bonds. The number of furan rings is 1. The summed E-state index contributed by atoms with van der Waals surface area (Å²) in [5.74, 6) is 1.94. The molecule has 8 heteroatoms. The predicted octanol–water partition coefficient (Wildman–Crippen LogP) is 1.57. The highest BCUT2D eigenvalue weighted by Gasteiger charge is 2.44. The lowest BCUT2D eigenvalue weighted by molar-refractivity contribution is -0.130. The van der Waals surface area contributed by atoms with E-state index < -0.39 is 11.6 Å². The third-order valence-corrected chi connectivity index (χ3v) is 4.51. The maximum absolute atomic E-state index is 12.0. The molecule has 1 aliphatic heterocycles. The van der Waals surface area contributed by atoms with Crippen LogP contribution in [0.4, 0.5) is 4.79 Å². The molecule has 0 radical (unpaired) electrons. The average Bonchev–Trinajstić information content (AvgIpc) is 3.01. The van der Waals surface area contributed by atoms with Crippen molar-refractivity contribution < 1.29 is 18.8 Å². The topological polar surface area (TPSA) is 104 Å². The smallest absolute Gasteiger partial charge is 0.325 e. The molecule has 2 atom stereocenters. The quantitative estimate of drug-likeness (QED) is 0.463. The number of hydrazone groups is 1. The fraction of sp³-hybridized carbons (Fsp3) is 0.529. The van der Waals surface area contributed by atoms with Gasteiger partial charge < -0.3 is 9.73 Å². The summed E-state index contributed by atoms with van der Waals surface area (Å²) in [7, 11) is 0. The van der Waals surface area contributed by atoms with Gasteiger partial charge in [-0.25, -0.2) is 10.2 Å². The van der Waals surface area contributed by atoms with Crippen molar-refractivity contribution in [3.63, 3.8) is 0 Å². The van der Waals surface area contributed by atoms with Crippen molar-refractivity contribution in [3.8, 4) is 0 Å². The lowest BCUT2D eigenvalue weighted by Crippen LogP contribution is -2.40. The highest BCUT2D eigenvalue weighted by molar-refractivity contribution is 6.06. The molecule has 2 N–H and O–H groups in total. The van der Waals surface area contributed by atoms with Gasteiger partial charge >= 0.3 is 6.03 Å². The van der Waals surface area contributed by atoms with Gasteiger partial charge in [0.1, 0.15) is 17.1 Å². The van der Waals surface area contributed by atoms with E-state index in [4.69, 9.17) is 4.42 Å². The van der Waals surface area contributed by atoms with Gasteiger partial charge in [-0.15, -0.1) is 0 Å². The van der Waals surface area contributed by atoms with E-state index >= 15 is 0 Å². The molecular formula is C17H22N4O4. The minimum absolute atomic E-state index is 0.0138. The Morgan fingerprint density at radius 2 is 2.20 bits per heavy atom. The number of amides is 4. The molecule has 1 aromatic heterocycles. The summed E-state index contributed by atoms with van der Waals surface area (Å²) in [6, 6.07) is 3.26. The molecule has 0 bridgehead atoms. The van der Waals surface area contributed by atoms with Gasteiger partial charge in [0, 0.05) is 18.9 Å². The molecule has 1 aromatic rings. The van der Waals surface area contributed by atoms with Crippen molar-refractivity contribution in [2.24, 2.45) is 11.0 Å². The molecule has 2 aliphatic rings. The minimum atomic E-state index is -0.929. The highest BCUT2D eigenvalue weighted by atomic mass is 16.3. The molecule has 2 heterocycles. The van der Waals surface area contributed by atoms with Crippen molar-refractivity contribution in [1.82, 2.24) is 15.6 Å². The van der Waals surface area contributed by atoms with Gasteiger partial charge in [-0.2, -0.15) is 5.10 Å². The zero-order valence-electron chi connectivity index (χ0n) is 14.5. The summed E-state index contributed by atoms with van der Waals surface area (Å²) < 4.78 is 5.65. The number of carbonyl (C=O) groups excluding carboxylic acids is 3. The van der Waals surface area contributed by atoms with E-state index in [1.54, 1.807) is 13.8 Å². The standard InChI is InChI=1S/C17H22N4O4/c1-10-8-12(10)13-5-4-11(25-13)9-18-20-14(22)6-7-21-15(23)17(2,3)19-16(21)24/h4-5,9-10,12H,6-8H2,1-3H3,(H,19,24)(H,20,22)/b18-9-/t10-,12+/m1/s1. The van der Waals surface area contributed by atoms with E-state index in [9.17, 15) is 14.4 Å². The fourth-order valence-electron chi connectivity index (χ4n) is 2.81. The van der Waals surface area contributed by atoms with E-state index in [1.807, 2.05) is 12.1 Å². The molecule has 134 valence electrons. The van der Waals surface area contributed by atoms with Gasteiger partial charge in [-0.3, -0.25) is 14.5 Å². The van der Waals surface area contributed by atoms with Gasteiger partial charge in [0.05, 0.1) is 6.21 Å². The molecule has 1 saturated heterocycles. The van der Waals surface area contributed by atoms with Crippen LogP contribution in [0.15, 0.2) is 21.7 Å². The maximum Gasteiger partial charge on any atom is 0.325 e. The van der Waals surface area contributed by atoms with Crippen LogP contribution in [0.25, 0.3) is 0 Å². The second kappa shape index (κ2) is 6.34. The number of imide groups is 1. The van der Waals surface area contributed by atoms with Gasteiger partial charge in [0.2, 0.25) is 5.91 Å². The van der Waals surface area contributed by atoms with E-state index in [2.05, 4.69) is 22.8 Å². The molecule has 1 saturated carbocycles. The van der Waals surface area contributed by atoms with E-state index in [-0.39, 0.29) is 24.8 Å². The van der Waals surface area contributed by atoms with Crippen LogP contribution in [0.1, 0.15) is 51.1 Å². The van der Waals surface area contributed by atoms with Crippen LogP contribution in [0, 0.1) is 5.92 Å². The molecule has 25 heavy (non-hydrogen) atoms. The number of rotatable bonds is 6.